The van der Waals surface area contributed by atoms with Crippen molar-refractivity contribution < 1.29 is 14.2 Å². The minimum Gasteiger partial charge on any atom is -0.491 e. The predicted molar refractivity (Wildman–Crippen MR) is 81.5 cm³/mol. The van der Waals surface area contributed by atoms with Gasteiger partial charge in [-0.3, -0.25) is 0 Å². The molecular formula is C16H27NO3. The molecule has 114 valence electrons. The zero-order valence-electron chi connectivity index (χ0n) is 13.1. The van der Waals surface area contributed by atoms with Crippen LogP contribution < -0.4 is 10.1 Å². The highest BCUT2D eigenvalue weighted by atomic mass is 16.5. The summed E-state index contributed by atoms with van der Waals surface area (Å²) < 4.78 is 16.3. The van der Waals surface area contributed by atoms with E-state index in [0.717, 1.165) is 18.8 Å². The molecule has 1 rings (SSSR count). The first-order chi connectivity index (χ1) is 9.69. The Morgan fingerprint density at radius 1 is 1.15 bits per heavy atom. The fourth-order valence-corrected chi connectivity index (χ4v) is 1.91. The zero-order valence-corrected chi connectivity index (χ0v) is 13.1. The van der Waals surface area contributed by atoms with Crippen molar-refractivity contribution in [2.45, 2.75) is 26.3 Å². The van der Waals surface area contributed by atoms with Crippen molar-refractivity contribution in [3.8, 4) is 5.75 Å². The molecule has 0 heterocycles. The molecule has 0 aliphatic heterocycles. The van der Waals surface area contributed by atoms with Gasteiger partial charge in [-0.2, -0.15) is 0 Å². The lowest BCUT2D eigenvalue weighted by Crippen LogP contribution is -2.15. The van der Waals surface area contributed by atoms with Gasteiger partial charge in [0.15, 0.2) is 0 Å². The largest absolute Gasteiger partial charge is 0.491 e. The molecular weight excluding hydrogens is 254 g/mol. The van der Waals surface area contributed by atoms with Gasteiger partial charge in [0.2, 0.25) is 0 Å². The molecule has 0 saturated heterocycles. The van der Waals surface area contributed by atoms with E-state index in [0.29, 0.717) is 19.8 Å². The van der Waals surface area contributed by atoms with Crippen molar-refractivity contribution >= 4 is 0 Å². The van der Waals surface area contributed by atoms with Crippen LogP contribution in [0.5, 0.6) is 5.75 Å². The van der Waals surface area contributed by atoms with Crippen molar-refractivity contribution in [2.24, 2.45) is 0 Å². The lowest BCUT2D eigenvalue weighted by atomic mass is 10.0. The Morgan fingerprint density at radius 3 is 2.65 bits per heavy atom. The lowest BCUT2D eigenvalue weighted by Gasteiger charge is -2.17. The normalized spacial score (nSPS) is 12.4. The van der Waals surface area contributed by atoms with Gasteiger partial charge in [-0.1, -0.05) is 17.7 Å². The van der Waals surface area contributed by atoms with Crippen LogP contribution in [0.2, 0.25) is 0 Å². The monoisotopic (exact) mass is 281 g/mol. The maximum atomic E-state index is 5.83. The number of hydrogen-bond acceptors (Lipinski definition) is 4. The van der Waals surface area contributed by atoms with Gasteiger partial charge in [0.1, 0.15) is 12.4 Å². The van der Waals surface area contributed by atoms with E-state index in [9.17, 15) is 0 Å². The number of nitrogens with one attached hydrogen (secondary N) is 1. The summed E-state index contributed by atoms with van der Waals surface area (Å²) in [6.45, 7) is 6.84. The summed E-state index contributed by atoms with van der Waals surface area (Å²) in [5.74, 6) is 0.929. The summed E-state index contributed by atoms with van der Waals surface area (Å²) in [6, 6.07) is 6.53. The summed E-state index contributed by atoms with van der Waals surface area (Å²) >= 11 is 0. The topological polar surface area (TPSA) is 39.7 Å². The maximum absolute atomic E-state index is 5.83. The Morgan fingerprint density at radius 2 is 1.95 bits per heavy atom. The van der Waals surface area contributed by atoms with Crippen LogP contribution in [-0.2, 0) is 9.47 Å². The van der Waals surface area contributed by atoms with Crippen LogP contribution in [0.15, 0.2) is 18.2 Å². The minimum atomic E-state index is 0.271. The summed E-state index contributed by atoms with van der Waals surface area (Å²) in [5, 5.41) is 3.25. The maximum Gasteiger partial charge on any atom is 0.124 e. The molecule has 1 atom stereocenters. The first-order valence-corrected chi connectivity index (χ1v) is 7.16. The number of ether oxygens (including phenoxy) is 3. The molecule has 1 aromatic carbocycles. The number of hydrogen-bond donors (Lipinski definition) is 1. The third-order valence-electron chi connectivity index (χ3n) is 3.19. The van der Waals surface area contributed by atoms with Crippen molar-refractivity contribution in [3.63, 3.8) is 0 Å². The highest BCUT2D eigenvalue weighted by Gasteiger charge is 2.10. The van der Waals surface area contributed by atoms with Crippen molar-refractivity contribution in [1.82, 2.24) is 5.32 Å². The number of rotatable bonds is 10. The smallest absolute Gasteiger partial charge is 0.124 e. The van der Waals surface area contributed by atoms with Crippen LogP contribution in [0, 0.1) is 6.92 Å². The van der Waals surface area contributed by atoms with Gasteiger partial charge in [-0.15, -0.1) is 0 Å². The van der Waals surface area contributed by atoms with Gasteiger partial charge < -0.3 is 19.5 Å². The summed E-state index contributed by atoms with van der Waals surface area (Å²) in [4.78, 5) is 0. The molecule has 0 aliphatic carbocycles. The standard InChI is InChI=1S/C16H27NO3/c1-13-6-7-16(15(12-13)14(2)17-3)20-11-10-19-9-5-8-18-4/h6-7,12,14,17H,5,8-11H2,1-4H3. The predicted octanol–water partition coefficient (Wildman–Crippen LogP) is 2.71. The van der Waals surface area contributed by atoms with E-state index in [1.54, 1.807) is 7.11 Å². The summed E-state index contributed by atoms with van der Waals surface area (Å²) in [5.41, 5.74) is 2.43. The molecule has 0 fully saturated rings. The highest BCUT2D eigenvalue weighted by Crippen LogP contribution is 2.26. The summed E-state index contributed by atoms with van der Waals surface area (Å²) in [6.07, 6.45) is 0.920. The van der Waals surface area contributed by atoms with E-state index >= 15 is 0 Å². The average Bonchev–Trinajstić information content (AvgIpc) is 2.46. The second-order valence-corrected chi connectivity index (χ2v) is 4.86. The third kappa shape index (κ3) is 5.90. The molecule has 1 aromatic rings. The summed E-state index contributed by atoms with van der Waals surface area (Å²) in [7, 11) is 3.65. The van der Waals surface area contributed by atoms with Crippen LogP contribution in [0.1, 0.15) is 30.5 Å². The number of aryl methyl sites for hydroxylation is 1. The fourth-order valence-electron chi connectivity index (χ4n) is 1.91. The Labute approximate surface area is 122 Å². The van der Waals surface area contributed by atoms with Crippen molar-refractivity contribution in [1.29, 1.82) is 0 Å². The van der Waals surface area contributed by atoms with Gasteiger partial charge in [-0.05, 0) is 33.4 Å². The molecule has 0 aromatic heterocycles. The fraction of sp³-hybridized carbons (Fsp3) is 0.625. The number of methoxy groups -OCH3 is 1. The Kier molecular flexibility index (Phi) is 8.26. The molecule has 1 unspecified atom stereocenters. The van der Waals surface area contributed by atoms with Gasteiger partial charge in [0, 0.05) is 31.9 Å². The minimum absolute atomic E-state index is 0.271. The van der Waals surface area contributed by atoms with Crippen LogP contribution in [0.4, 0.5) is 0 Å². The Balaban J connectivity index is 2.39. The molecule has 0 aliphatic rings. The van der Waals surface area contributed by atoms with E-state index in [-0.39, 0.29) is 6.04 Å². The van der Waals surface area contributed by atoms with Gasteiger partial charge in [0.25, 0.3) is 0 Å². The van der Waals surface area contributed by atoms with Crippen LogP contribution in [0.25, 0.3) is 0 Å². The zero-order chi connectivity index (χ0) is 14.8. The van der Waals surface area contributed by atoms with Crippen LogP contribution in [0.3, 0.4) is 0 Å². The van der Waals surface area contributed by atoms with Crippen LogP contribution >= 0.6 is 0 Å². The second-order valence-electron chi connectivity index (χ2n) is 4.86. The average molecular weight is 281 g/mol. The van der Waals surface area contributed by atoms with E-state index in [4.69, 9.17) is 14.2 Å². The molecule has 4 nitrogen and oxygen atoms in total. The number of benzene rings is 1. The first-order valence-electron chi connectivity index (χ1n) is 7.16. The lowest BCUT2D eigenvalue weighted by molar-refractivity contribution is 0.0803. The molecule has 0 amide bonds. The van der Waals surface area contributed by atoms with Crippen molar-refractivity contribution in [2.75, 3.05) is 40.6 Å². The van der Waals surface area contributed by atoms with Gasteiger partial charge >= 0.3 is 0 Å². The Hall–Kier alpha value is -1.10. The van der Waals surface area contributed by atoms with E-state index in [1.165, 1.54) is 11.1 Å². The van der Waals surface area contributed by atoms with Gasteiger partial charge in [0.05, 0.1) is 6.61 Å². The first kappa shape index (κ1) is 17.0. The highest BCUT2D eigenvalue weighted by molar-refractivity contribution is 5.38. The molecule has 0 saturated carbocycles. The van der Waals surface area contributed by atoms with E-state index < -0.39 is 0 Å². The van der Waals surface area contributed by atoms with Crippen LogP contribution in [-0.4, -0.2) is 40.6 Å². The third-order valence-corrected chi connectivity index (χ3v) is 3.19. The quantitative estimate of drug-likeness (QED) is 0.669. The molecule has 20 heavy (non-hydrogen) atoms. The molecule has 0 bridgehead atoms. The SMILES string of the molecule is CNC(C)c1cc(C)ccc1OCCOCCCOC. The van der Waals surface area contributed by atoms with E-state index in [1.807, 2.05) is 13.1 Å². The molecule has 0 radical (unpaired) electrons. The van der Waals surface area contributed by atoms with Crippen molar-refractivity contribution in [3.05, 3.63) is 29.3 Å². The second kappa shape index (κ2) is 9.75. The molecule has 1 N–H and O–H groups in total. The molecule has 0 spiro atoms. The Bertz CT molecular complexity index is 382. The molecule has 4 heteroatoms. The van der Waals surface area contributed by atoms with Gasteiger partial charge in [-0.25, -0.2) is 0 Å². The van der Waals surface area contributed by atoms with E-state index in [2.05, 4.69) is 31.3 Å².